The van der Waals surface area contributed by atoms with Crippen molar-refractivity contribution in [1.82, 2.24) is 20.9 Å². The van der Waals surface area contributed by atoms with Crippen LogP contribution < -0.4 is 16.0 Å². The molecule has 124 valence electrons. The summed E-state index contributed by atoms with van der Waals surface area (Å²) in [6.07, 6.45) is 4.41. The molecule has 0 saturated carbocycles. The van der Waals surface area contributed by atoms with Crippen molar-refractivity contribution in [3.8, 4) is 0 Å². The molecule has 0 aromatic heterocycles. The highest BCUT2D eigenvalue weighted by molar-refractivity contribution is 5.86. The SMILES string of the molecule is COC(=O)NC(C(=O)N1CCCC1C1NC=CN1)C(C)OC. The van der Waals surface area contributed by atoms with Crippen LogP contribution >= 0.6 is 0 Å². The van der Waals surface area contributed by atoms with E-state index in [1.165, 1.54) is 14.2 Å². The summed E-state index contributed by atoms with van der Waals surface area (Å²) in [5.41, 5.74) is 0. The zero-order valence-corrected chi connectivity index (χ0v) is 13.2. The second kappa shape index (κ2) is 7.35. The van der Waals surface area contributed by atoms with Gasteiger partial charge in [-0.1, -0.05) is 0 Å². The van der Waals surface area contributed by atoms with Crippen LogP contribution in [0.15, 0.2) is 12.4 Å². The van der Waals surface area contributed by atoms with Crippen LogP contribution in [0, 0.1) is 0 Å². The molecule has 0 bridgehead atoms. The normalized spacial score (nSPS) is 23.6. The topological polar surface area (TPSA) is 91.9 Å². The Morgan fingerprint density at radius 1 is 1.32 bits per heavy atom. The number of alkyl carbamates (subject to hydrolysis) is 1. The summed E-state index contributed by atoms with van der Waals surface area (Å²) in [6.45, 7) is 2.41. The molecule has 1 saturated heterocycles. The average molecular weight is 312 g/mol. The predicted octanol–water partition coefficient (Wildman–Crippen LogP) is -0.273. The molecular formula is C14H24N4O4. The first kappa shape index (κ1) is 16.4. The van der Waals surface area contributed by atoms with Gasteiger partial charge in [-0.3, -0.25) is 4.79 Å². The highest BCUT2D eigenvalue weighted by atomic mass is 16.5. The van der Waals surface area contributed by atoms with Gasteiger partial charge < -0.3 is 30.3 Å². The minimum Gasteiger partial charge on any atom is -0.453 e. The zero-order chi connectivity index (χ0) is 16.1. The molecule has 1 fully saturated rings. The number of hydrogen-bond donors (Lipinski definition) is 3. The first-order chi connectivity index (χ1) is 10.6. The Labute approximate surface area is 130 Å². The van der Waals surface area contributed by atoms with Gasteiger partial charge in [-0.2, -0.15) is 0 Å². The fraction of sp³-hybridized carbons (Fsp3) is 0.714. The number of rotatable bonds is 5. The van der Waals surface area contributed by atoms with Crippen molar-refractivity contribution in [2.24, 2.45) is 0 Å². The van der Waals surface area contributed by atoms with E-state index >= 15 is 0 Å². The summed E-state index contributed by atoms with van der Waals surface area (Å²) in [5, 5.41) is 8.95. The fourth-order valence-electron chi connectivity index (χ4n) is 2.87. The molecule has 22 heavy (non-hydrogen) atoms. The van der Waals surface area contributed by atoms with Gasteiger partial charge in [0.2, 0.25) is 5.91 Å². The van der Waals surface area contributed by atoms with E-state index in [4.69, 9.17) is 4.74 Å². The van der Waals surface area contributed by atoms with Crippen molar-refractivity contribution in [3.05, 3.63) is 12.4 Å². The number of carbonyl (C=O) groups is 2. The number of amides is 2. The van der Waals surface area contributed by atoms with Crippen LogP contribution in [-0.2, 0) is 14.3 Å². The maximum atomic E-state index is 12.9. The Morgan fingerprint density at radius 3 is 2.59 bits per heavy atom. The third-order valence-electron chi connectivity index (χ3n) is 4.17. The van der Waals surface area contributed by atoms with Gasteiger partial charge in [0, 0.05) is 26.1 Å². The lowest BCUT2D eigenvalue weighted by atomic mass is 10.1. The Balaban J connectivity index is 2.08. The number of carbonyl (C=O) groups excluding carboxylic acids is 2. The van der Waals surface area contributed by atoms with Crippen molar-refractivity contribution < 1.29 is 19.1 Å². The minimum absolute atomic E-state index is 0.00285. The third-order valence-corrected chi connectivity index (χ3v) is 4.17. The molecule has 3 atom stereocenters. The standard InChI is InChI=1S/C14H24N4O4/c1-9(21-2)11(17-14(20)22-3)13(19)18-8-4-5-10(18)12-15-6-7-16-12/h6-7,9-12,15-16H,4-5,8H2,1-3H3,(H,17,20). The largest absolute Gasteiger partial charge is 0.453 e. The summed E-state index contributed by atoms with van der Waals surface area (Å²) < 4.78 is 9.84. The quantitative estimate of drug-likeness (QED) is 0.647. The summed E-state index contributed by atoms with van der Waals surface area (Å²) in [4.78, 5) is 26.2. The lowest BCUT2D eigenvalue weighted by molar-refractivity contribution is -0.137. The third kappa shape index (κ3) is 3.44. The van der Waals surface area contributed by atoms with Crippen molar-refractivity contribution >= 4 is 12.0 Å². The molecule has 2 amide bonds. The molecule has 2 heterocycles. The van der Waals surface area contributed by atoms with Gasteiger partial charge in [0.25, 0.3) is 0 Å². The van der Waals surface area contributed by atoms with Crippen molar-refractivity contribution in [1.29, 1.82) is 0 Å². The van der Waals surface area contributed by atoms with E-state index in [1.807, 2.05) is 12.4 Å². The Hall–Kier alpha value is -1.96. The Morgan fingerprint density at radius 2 is 2.00 bits per heavy atom. The average Bonchev–Trinajstić information content (AvgIpc) is 3.20. The van der Waals surface area contributed by atoms with E-state index in [0.717, 1.165) is 12.8 Å². The minimum atomic E-state index is -0.771. The second-order valence-corrected chi connectivity index (χ2v) is 5.44. The number of methoxy groups -OCH3 is 2. The van der Waals surface area contributed by atoms with E-state index in [2.05, 4.69) is 20.7 Å². The van der Waals surface area contributed by atoms with Gasteiger partial charge in [-0.25, -0.2) is 4.79 Å². The van der Waals surface area contributed by atoms with Crippen LogP contribution in [0.25, 0.3) is 0 Å². The van der Waals surface area contributed by atoms with Gasteiger partial charge in [-0.15, -0.1) is 0 Å². The van der Waals surface area contributed by atoms with Crippen LogP contribution in [0.2, 0.25) is 0 Å². The first-order valence-corrected chi connectivity index (χ1v) is 7.43. The first-order valence-electron chi connectivity index (χ1n) is 7.43. The molecule has 0 radical (unpaired) electrons. The highest BCUT2D eigenvalue weighted by Gasteiger charge is 2.40. The Kier molecular flexibility index (Phi) is 5.48. The Bertz CT molecular complexity index is 435. The van der Waals surface area contributed by atoms with Gasteiger partial charge >= 0.3 is 6.09 Å². The number of nitrogens with one attached hydrogen (secondary N) is 3. The van der Waals surface area contributed by atoms with E-state index in [0.29, 0.717) is 6.54 Å². The molecule has 2 aliphatic heterocycles. The van der Waals surface area contributed by atoms with Crippen LogP contribution in [0.5, 0.6) is 0 Å². The summed E-state index contributed by atoms with van der Waals surface area (Å²) >= 11 is 0. The van der Waals surface area contributed by atoms with Crippen LogP contribution in [0.4, 0.5) is 4.79 Å². The molecule has 3 N–H and O–H groups in total. The smallest absolute Gasteiger partial charge is 0.407 e. The maximum Gasteiger partial charge on any atom is 0.407 e. The van der Waals surface area contributed by atoms with E-state index in [9.17, 15) is 9.59 Å². The number of nitrogens with zero attached hydrogens (tertiary/aromatic N) is 1. The highest BCUT2D eigenvalue weighted by Crippen LogP contribution is 2.22. The van der Waals surface area contributed by atoms with Crippen molar-refractivity contribution in [2.75, 3.05) is 20.8 Å². The maximum absolute atomic E-state index is 12.9. The molecule has 8 heteroatoms. The van der Waals surface area contributed by atoms with Crippen LogP contribution in [0.1, 0.15) is 19.8 Å². The van der Waals surface area contributed by atoms with E-state index in [-0.39, 0.29) is 18.1 Å². The fourth-order valence-corrected chi connectivity index (χ4v) is 2.87. The van der Waals surface area contributed by atoms with E-state index < -0.39 is 18.2 Å². The molecule has 2 rings (SSSR count). The van der Waals surface area contributed by atoms with Gasteiger partial charge in [0.05, 0.1) is 19.3 Å². The second-order valence-electron chi connectivity index (χ2n) is 5.44. The predicted molar refractivity (Wildman–Crippen MR) is 79.7 cm³/mol. The molecule has 0 spiro atoms. The number of likely N-dealkylation sites (tertiary alicyclic amines) is 1. The van der Waals surface area contributed by atoms with Crippen LogP contribution in [-0.4, -0.2) is 62.0 Å². The lowest BCUT2D eigenvalue weighted by Gasteiger charge is -2.34. The molecule has 0 aromatic rings. The van der Waals surface area contributed by atoms with E-state index in [1.54, 1.807) is 11.8 Å². The monoisotopic (exact) mass is 312 g/mol. The summed E-state index contributed by atoms with van der Waals surface area (Å²) in [7, 11) is 2.78. The number of hydrogen-bond acceptors (Lipinski definition) is 6. The molecule has 3 unspecified atom stereocenters. The number of ether oxygens (including phenoxy) is 2. The van der Waals surface area contributed by atoms with Gasteiger partial charge in [0.15, 0.2) is 0 Å². The molecular weight excluding hydrogens is 288 g/mol. The molecule has 8 nitrogen and oxygen atoms in total. The molecule has 0 aromatic carbocycles. The summed E-state index contributed by atoms with van der Waals surface area (Å²) in [6, 6.07) is -0.735. The molecule has 2 aliphatic rings. The lowest BCUT2D eigenvalue weighted by Crippen LogP contribution is -2.59. The van der Waals surface area contributed by atoms with Gasteiger partial charge in [-0.05, 0) is 19.8 Å². The van der Waals surface area contributed by atoms with Crippen molar-refractivity contribution in [2.45, 2.75) is 44.1 Å². The van der Waals surface area contributed by atoms with Gasteiger partial charge in [0.1, 0.15) is 12.2 Å². The summed E-state index contributed by atoms with van der Waals surface area (Å²) in [5.74, 6) is -0.155. The molecule has 0 aliphatic carbocycles. The van der Waals surface area contributed by atoms with Crippen LogP contribution in [0.3, 0.4) is 0 Å². The zero-order valence-electron chi connectivity index (χ0n) is 13.2. The van der Waals surface area contributed by atoms with Crippen molar-refractivity contribution in [3.63, 3.8) is 0 Å².